The summed E-state index contributed by atoms with van der Waals surface area (Å²) in [6, 6.07) is 10.8. The minimum absolute atomic E-state index is 0.00863. The maximum Gasteiger partial charge on any atom is 0.317 e. The molecule has 4 rings (SSSR count). The Morgan fingerprint density at radius 2 is 1.57 bits per heavy atom. The Labute approximate surface area is 182 Å². The second-order valence-corrected chi connectivity index (χ2v) is 9.46. The molecule has 1 saturated carbocycles. The predicted molar refractivity (Wildman–Crippen MR) is 122 cm³/mol. The van der Waals surface area contributed by atoms with Crippen molar-refractivity contribution in [3.8, 4) is 11.1 Å². The van der Waals surface area contributed by atoms with Crippen molar-refractivity contribution in [1.82, 2.24) is 15.5 Å². The normalized spacial score (nSPS) is 18.2. The second-order valence-electron chi connectivity index (χ2n) is 8.55. The Kier molecular flexibility index (Phi) is 6.72. The first-order chi connectivity index (χ1) is 14.6. The number of nitrogens with one attached hydrogen (secondary N) is 2. The van der Waals surface area contributed by atoms with Crippen molar-refractivity contribution >= 4 is 23.3 Å². The molecule has 0 atom stereocenters. The third-order valence-electron chi connectivity index (χ3n) is 6.28. The number of benzene rings is 1. The Morgan fingerprint density at radius 3 is 2.27 bits per heavy atom. The number of urea groups is 1. The first-order valence-corrected chi connectivity index (χ1v) is 12.0. The number of carbonyl (C=O) groups is 2. The molecule has 2 heterocycles. The van der Waals surface area contributed by atoms with Crippen molar-refractivity contribution in [3.05, 3.63) is 46.2 Å². The number of nitrogens with zero attached hydrogens (tertiary/aromatic N) is 1. The molecular formula is C24H31N3O2S. The Bertz CT molecular complexity index is 863. The molecule has 0 radical (unpaired) electrons. The van der Waals surface area contributed by atoms with Gasteiger partial charge in [-0.05, 0) is 49.6 Å². The van der Waals surface area contributed by atoms with Crippen LogP contribution in [0.5, 0.6) is 0 Å². The van der Waals surface area contributed by atoms with Crippen LogP contribution in [0.4, 0.5) is 4.79 Å². The molecule has 6 heteroatoms. The number of amides is 3. The molecule has 1 aliphatic carbocycles. The number of carbonyl (C=O) groups excluding carboxylic acids is 2. The van der Waals surface area contributed by atoms with E-state index in [2.05, 4.69) is 41.8 Å². The molecule has 30 heavy (non-hydrogen) atoms. The molecule has 160 valence electrons. The van der Waals surface area contributed by atoms with Crippen LogP contribution < -0.4 is 10.6 Å². The minimum atomic E-state index is -0.00863. The van der Waals surface area contributed by atoms with Crippen LogP contribution in [-0.4, -0.2) is 42.0 Å². The van der Waals surface area contributed by atoms with Crippen molar-refractivity contribution in [2.75, 3.05) is 13.1 Å². The molecule has 5 nitrogen and oxygen atoms in total. The number of likely N-dealkylation sites (tertiary alicyclic amines) is 1. The summed E-state index contributed by atoms with van der Waals surface area (Å²) >= 11 is 1.48. The molecule has 2 aliphatic rings. The van der Waals surface area contributed by atoms with Crippen molar-refractivity contribution in [2.45, 2.75) is 64.0 Å². The molecule has 3 amide bonds. The highest BCUT2D eigenvalue weighted by Gasteiger charge is 2.26. The summed E-state index contributed by atoms with van der Waals surface area (Å²) in [7, 11) is 0. The van der Waals surface area contributed by atoms with E-state index in [1.165, 1.54) is 36.2 Å². The lowest BCUT2D eigenvalue weighted by Gasteiger charge is -2.34. The van der Waals surface area contributed by atoms with E-state index in [9.17, 15) is 9.59 Å². The lowest BCUT2D eigenvalue weighted by atomic mass is 9.95. The molecule has 2 fully saturated rings. The van der Waals surface area contributed by atoms with Gasteiger partial charge in [0.25, 0.3) is 5.91 Å². The average molecular weight is 426 g/mol. The van der Waals surface area contributed by atoms with Gasteiger partial charge in [-0.25, -0.2) is 4.79 Å². The number of aryl methyl sites for hydroxylation is 1. The van der Waals surface area contributed by atoms with Crippen LogP contribution in [0.3, 0.4) is 0 Å². The zero-order valence-electron chi connectivity index (χ0n) is 17.7. The summed E-state index contributed by atoms with van der Waals surface area (Å²) in [4.78, 5) is 28.1. The van der Waals surface area contributed by atoms with Crippen LogP contribution in [0.15, 0.2) is 35.7 Å². The molecule has 1 aliphatic heterocycles. The first kappa shape index (κ1) is 20.9. The maximum absolute atomic E-state index is 12.9. The van der Waals surface area contributed by atoms with Crippen LogP contribution in [-0.2, 0) is 0 Å². The monoisotopic (exact) mass is 425 g/mol. The van der Waals surface area contributed by atoms with Gasteiger partial charge in [-0.1, -0.05) is 49.1 Å². The zero-order valence-corrected chi connectivity index (χ0v) is 18.5. The number of thiophene rings is 1. The van der Waals surface area contributed by atoms with Crippen molar-refractivity contribution in [2.24, 2.45) is 0 Å². The van der Waals surface area contributed by atoms with Crippen LogP contribution >= 0.6 is 11.3 Å². The van der Waals surface area contributed by atoms with E-state index in [-0.39, 0.29) is 18.0 Å². The van der Waals surface area contributed by atoms with E-state index in [1.54, 1.807) is 0 Å². The van der Waals surface area contributed by atoms with Crippen LogP contribution in [0.25, 0.3) is 11.1 Å². The van der Waals surface area contributed by atoms with Gasteiger partial charge < -0.3 is 15.5 Å². The Balaban J connectivity index is 1.29. The topological polar surface area (TPSA) is 61.4 Å². The second kappa shape index (κ2) is 9.65. The lowest BCUT2D eigenvalue weighted by Crippen LogP contribution is -2.51. The molecular weight excluding hydrogens is 394 g/mol. The van der Waals surface area contributed by atoms with Gasteiger partial charge in [0.1, 0.15) is 0 Å². The predicted octanol–water partition coefficient (Wildman–Crippen LogP) is 4.96. The average Bonchev–Trinajstić information content (AvgIpc) is 3.25. The van der Waals surface area contributed by atoms with Gasteiger partial charge in [0.05, 0.1) is 4.88 Å². The van der Waals surface area contributed by atoms with Crippen molar-refractivity contribution in [1.29, 1.82) is 0 Å². The highest BCUT2D eigenvalue weighted by molar-refractivity contribution is 7.12. The van der Waals surface area contributed by atoms with Crippen molar-refractivity contribution in [3.63, 3.8) is 0 Å². The summed E-state index contributed by atoms with van der Waals surface area (Å²) < 4.78 is 0. The summed E-state index contributed by atoms with van der Waals surface area (Å²) in [5.41, 5.74) is 3.27. The largest absolute Gasteiger partial charge is 0.348 e. The number of rotatable bonds is 4. The summed E-state index contributed by atoms with van der Waals surface area (Å²) in [6.07, 6.45) is 7.51. The quantitative estimate of drug-likeness (QED) is 0.727. The smallest absolute Gasteiger partial charge is 0.317 e. The Morgan fingerprint density at radius 1 is 0.900 bits per heavy atom. The van der Waals surface area contributed by atoms with E-state index in [4.69, 9.17) is 0 Å². The molecule has 0 bridgehead atoms. The van der Waals surface area contributed by atoms with E-state index in [0.29, 0.717) is 19.1 Å². The molecule has 1 aromatic carbocycles. The highest BCUT2D eigenvalue weighted by atomic mass is 32.1. The lowest BCUT2D eigenvalue weighted by molar-refractivity contribution is 0.0922. The van der Waals surface area contributed by atoms with Crippen molar-refractivity contribution < 1.29 is 9.59 Å². The van der Waals surface area contributed by atoms with Gasteiger partial charge in [0, 0.05) is 30.7 Å². The van der Waals surface area contributed by atoms with Gasteiger partial charge in [0.2, 0.25) is 0 Å². The molecule has 0 spiro atoms. The number of piperidine rings is 1. The summed E-state index contributed by atoms with van der Waals surface area (Å²) in [5, 5.41) is 8.37. The third-order valence-corrected chi connectivity index (χ3v) is 7.20. The minimum Gasteiger partial charge on any atom is -0.348 e. The fraction of sp³-hybridized carbons (Fsp3) is 0.500. The van der Waals surface area contributed by atoms with E-state index in [1.807, 2.05) is 16.3 Å². The molecule has 1 aromatic heterocycles. The van der Waals surface area contributed by atoms with Gasteiger partial charge in [-0.15, -0.1) is 11.3 Å². The summed E-state index contributed by atoms with van der Waals surface area (Å²) in [5.74, 6) is -0.00863. The fourth-order valence-corrected chi connectivity index (χ4v) is 5.26. The van der Waals surface area contributed by atoms with Crippen LogP contribution in [0.2, 0.25) is 0 Å². The fourth-order valence-electron chi connectivity index (χ4n) is 4.44. The molecule has 2 aromatic rings. The molecule has 2 N–H and O–H groups in total. The van der Waals surface area contributed by atoms with Crippen LogP contribution in [0, 0.1) is 6.92 Å². The van der Waals surface area contributed by atoms with E-state index >= 15 is 0 Å². The standard InChI is InChI=1S/C24H31N3O2S/c1-17-7-9-18(10-8-17)21-13-16-30-22(21)23(28)25-20-11-14-27(15-12-20)24(29)26-19-5-3-2-4-6-19/h7-10,13,16,19-20H,2-6,11-12,14-15H2,1H3,(H,25,28)(H,26,29). The Hall–Kier alpha value is -2.34. The first-order valence-electron chi connectivity index (χ1n) is 11.1. The molecule has 1 saturated heterocycles. The highest BCUT2D eigenvalue weighted by Crippen LogP contribution is 2.29. The molecule has 0 unspecified atom stereocenters. The third kappa shape index (κ3) is 5.04. The van der Waals surface area contributed by atoms with Gasteiger partial charge in [-0.2, -0.15) is 0 Å². The zero-order chi connectivity index (χ0) is 20.9. The van der Waals surface area contributed by atoms with E-state index < -0.39 is 0 Å². The van der Waals surface area contributed by atoms with E-state index in [0.717, 1.165) is 41.7 Å². The number of hydrogen-bond acceptors (Lipinski definition) is 3. The van der Waals surface area contributed by atoms with Gasteiger partial charge in [-0.3, -0.25) is 4.79 Å². The van der Waals surface area contributed by atoms with Gasteiger partial charge in [0.15, 0.2) is 0 Å². The SMILES string of the molecule is Cc1ccc(-c2ccsc2C(=O)NC2CCN(C(=O)NC3CCCCC3)CC2)cc1. The summed E-state index contributed by atoms with van der Waals surface area (Å²) in [6.45, 7) is 3.45. The van der Waals surface area contributed by atoms with Crippen LogP contribution in [0.1, 0.15) is 60.2 Å². The number of hydrogen-bond donors (Lipinski definition) is 2. The van der Waals surface area contributed by atoms with Gasteiger partial charge >= 0.3 is 6.03 Å². The maximum atomic E-state index is 12.9.